The van der Waals surface area contributed by atoms with E-state index in [1.54, 1.807) is 0 Å². The first-order chi connectivity index (χ1) is 12.7. The molecule has 0 unspecified atom stereocenters. The fourth-order valence-electron chi connectivity index (χ4n) is 3.00. The van der Waals surface area contributed by atoms with Gasteiger partial charge in [-0.2, -0.15) is 13.2 Å². The Hall–Kier alpha value is -2.54. The van der Waals surface area contributed by atoms with Crippen molar-refractivity contribution < 1.29 is 22.8 Å². The molecule has 27 heavy (non-hydrogen) atoms. The van der Waals surface area contributed by atoms with E-state index in [9.17, 15) is 22.8 Å². The number of alkyl halides is 3. The first-order valence-electron chi connectivity index (χ1n) is 8.29. The Morgan fingerprint density at radius 3 is 2.70 bits per heavy atom. The largest absolute Gasteiger partial charge is 0.417 e. The van der Waals surface area contributed by atoms with Crippen LogP contribution in [0.15, 0.2) is 42.5 Å². The number of hydrogen-bond acceptors (Lipinski definition) is 2. The molecule has 1 aliphatic rings. The SMILES string of the molecule is O=C(CC[C@H]1Cc2ccccc2NC1=O)Nc1ccc(Cl)c(C(F)(F)F)c1. The Kier molecular flexibility index (Phi) is 5.41. The first-order valence-corrected chi connectivity index (χ1v) is 8.67. The van der Waals surface area contributed by atoms with E-state index < -0.39 is 22.7 Å². The fourth-order valence-corrected chi connectivity index (χ4v) is 3.22. The van der Waals surface area contributed by atoms with Crippen LogP contribution in [-0.2, 0) is 22.2 Å². The van der Waals surface area contributed by atoms with Crippen LogP contribution in [0.5, 0.6) is 0 Å². The molecule has 8 heteroatoms. The molecule has 2 aromatic carbocycles. The average molecular weight is 397 g/mol. The first kappa shape index (κ1) is 19.2. The maximum atomic E-state index is 12.9. The predicted octanol–water partition coefficient (Wildman–Crippen LogP) is 4.89. The number of anilines is 2. The number of hydrogen-bond donors (Lipinski definition) is 2. The molecule has 0 bridgehead atoms. The molecule has 0 spiro atoms. The molecular formula is C19H16ClF3N2O2. The molecule has 2 amide bonds. The van der Waals surface area contributed by atoms with Crippen molar-refractivity contribution in [1.29, 1.82) is 0 Å². The molecule has 0 saturated heterocycles. The average Bonchev–Trinajstić information content (AvgIpc) is 2.60. The fraction of sp³-hybridized carbons (Fsp3) is 0.263. The van der Waals surface area contributed by atoms with Gasteiger partial charge in [0.1, 0.15) is 0 Å². The normalized spacial score (nSPS) is 16.4. The number of fused-ring (bicyclic) bond motifs is 1. The zero-order chi connectivity index (χ0) is 19.6. The van der Waals surface area contributed by atoms with Gasteiger partial charge in [-0.1, -0.05) is 29.8 Å². The number of carbonyl (C=O) groups is 2. The molecule has 4 nitrogen and oxygen atoms in total. The van der Waals surface area contributed by atoms with Gasteiger partial charge in [0.15, 0.2) is 0 Å². The van der Waals surface area contributed by atoms with Crippen LogP contribution >= 0.6 is 11.6 Å². The molecule has 1 heterocycles. The zero-order valence-corrected chi connectivity index (χ0v) is 14.8. The predicted molar refractivity (Wildman–Crippen MR) is 96.6 cm³/mol. The van der Waals surface area contributed by atoms with Crippen LogP contribution in [0.3, 0.4) is 0 Å². The molecule has 1 atom stereocenters. The number of nitrogens with one attached hydrogen (secondary N) is 2. The number of rotatable bonds is 4. The van der Waals surface area contributed by atoms with Gasteiger partial charge < -0.3 is 10.6 Å². The van der Waals surface area contributed by atoms with Crippen molar-refractivity contribution in [3.05, 3.63) is 58.6 Å². The Balaban J connectivity index is 1.60. The van der Waals surface area contributed by atoms with Crippen LogP contribution in [0, 0.1) is 5.92 Å². The molecule has 142 valence electrons. The second-order valence-corrected chi connectivity index (χ2v) is 6.73. The third kappa shape index (κ3) is 4.60. The Labute approximate surface area is 158 Å². The highest BCUT2D eigenvalue weighted by molar-refractivity contribution is 6.31. The summed E-state index contributed by atoms with van der Waals surface area (Å²) in [5.41, 5.74) is 0.763. The van der Waals surface area contributed by atoms with Gasteiger partial charge in [0.25, 0.3) is 0 Å². The lowest BCUT2D eigenvalue weighted by atomic mass is 9.89. The van der Waals surface area contributed by atoms with E-state index in [-0.39, 0.29) is 23.9 Å². The lowest BCUT2D eigenvalue weighted by Gasteiger charge is -2.24. The second-order valence-electron chi connectivity index (χ2n) is 6.33. The summed E-state index contributed by atoms with van der Waals surface area (Å²) in [6.07, 6.45) is -3.77. The summed E-state index contributed by atoms with van der Waals surface area (Å²) in [5, 5.41) is 4.80. The van der Waals surface area contributed by atoms with E-state index in [0.29, 0.717) is 12.8 Å². The lowest BCUT2D eigenvalue weighted by molar-refractivity contribution is -0.137. The molecule has 1 aliphatic heterocycles. The third-order valence-corrected chi connectivity index (χ3v) is 4.72. The smallest absolute Gasteiger partial charge is 0.326 e. The summed E-state index contributed by atoms with van der Waals surface area (Å²) >= 11 is 5.56. The van der Waals surface area contributed by atoms with Crippen molar-refractivity contribution in [3.8, 4) is 0 Å². The van der Waals surface area contributed by atoms with E-state index >= 15 is 0 Å². The minimum Gasteiger partial charge on any atom is -0.326 e. The van der Waals surface area contributed by atoms with Gasteiger partial charge in [0.2, 0.25) is 11.8 Å². The quantitative estimate of drug-likeness (QED) is 0.773. The highest BCUT2D eigenvalue weighted by Gasteiger charge is 2.33. The molecule has 2 aromatic rings. The second kappa shape index (κ2) is 7.60. The van der Waals surface area contributed by atoms with Crippen LogP contribution < -0.4 is 10.6 Å². The molecule has 2 N–H and O–H groups in total. The van der Waals surface area contributed by atoms with E-state index in [1.807, 2.05) is 24.3 Å². The number of para-hydroxylation sites is 1. The highest BCUT2D eigenvalue weighted by Crippen LogP contribution is 2.36. The molecular weight excluding hydrogens is 381 g/mol. The van der Waals surface area contributed by atoms with Gasteiger partial charge in [-0.15, -0.1) is 0 Å². The molecule has 0 saturated carbocycles. The van der Waals surface area contributed by atoms with E-state index in [4.69, 9.17) is 11.6 Å². The van der Waals surface area contributed by atoms with Crippen LogP contribution in [0.2, 0.25) is 5.02 Å². The monoisotopic (exact) mass is 396 g/mol. The van der Waals surface area contributed by atoms with Crippen molar-refractivity contribution >= 4 is 34.8 Å². The molecule has 0 fully saturated rings. The number of halogens is 4. The summed E-state index contributed by atoms with van der Waals surface area (Å²) < 4.78 is 38.6. The topological polar surface area (TPSA) is 58.2 Å². The molecule has 3 rings (SSSR count). The van der Waals surface area contributed by atoms with Gasteiger partial charge >= 0.3 is 6.18 Å². The van der Waals surface area contributed by atoms with E-state index in [0.717, 1.165) is 23.4 Å². The van der Waals surface area contributed by atoms with Crippen molar-refractivity contribution in [2.45, 2.75) is 25.4 Å². The Morgan fingerprint density at radius 1 is 1.22 bits per heavy atom. The molecule has 0 radical (unpaired) electrons. The number of benzene rings is 2. The van der Waals surface area contributed by atoms with Crippen LogP contribution in [-0.4, -0.2) is 11.8 Å². The maximum absolute atomic E-state index is 12.9. The number of amides is 2. The summed E-state index contributed by atoms with van der Waals surface area (Å²) in [5.74, 6) is -0.980. The van der Waals surface area contributed by atoms with Gasteiger partial charge in [-0.3, -0.25) is 9.59 Å². The third-order valence-electron chi connectivity index (χ3n) is 4.39. The maximum Gasteiger partial charge on any atom is 0.417 e. The lowest BCUT2D eigenvalue weighted by Crippen LogP contribution is -2.30. The summed E-state index contributed by atoms with van der Waals surface area (Å²) in [7, 11) is 0. The van der Waals surface area contributed by atoms with Crippen LogP contribution in [0.4, 0.5) is 24.5 Å². The van der Waals surface area contributed by atoms with Crippen molar-refractivity contribution in [3.63, 3.8) is 0 Å². The zero-order valence-electron chi connectivity index (χ0n) is 14.1. The van der Waals surface area contributed by atoms with Crippen molar-refractivity contribution in [2.24, 2.45) is 5.92 Å². The summed E-state index contributed by atoms with van der Waals surface area (Å²) in [4.78, 5) is 24.2. The number of carbonyl (C=O) groups excluding carboxylic acids is 2. The summed E-state index contributed by atoms with van der Waals surface area (Å²) in [6.45, 7) is 0. The van der Waals surface area contributed by atoms with E-state index in [1.165, 1.54) is 6.07 Å². The van der Waals surface area contributed by atoms with Crippen LogP contribution in [0.1, 0.15) is 24.0 Å². The van der Waals surface area contributed by atoms with Gasteiger partial charge in [-0.25, -0.2) is 0 Å². The molecule has 0 aliphatic carbocycles. The van der Waals surface area contributed by atoms with Gasteiger partial charge in [0, 0.05) is 23.7 Å². The van der Waals surface area contributed by atoms with E-state index in [2.05, 4.69) is 10.6 Å². The standard InChI is InChI=1S/C19H16ClF3N2O2/c20-15-7-6-13(10-14(15)19(21,22)23)24-17(26)8-5-12-9-11-3-1-2-4-16(11)25-18(12)27/h1-4,6-7,10,12H,5,8-9H2,(H,24,26)(H,25,27)/t12-/m0/s1. The van der Waals surface area contributed by atoms with Gasteiger partial charge in [0.05, 0.1) is 10.6 Å². The minimum absolute atomic E-state index is 0.00941. The van der Waals surface area contributed by atoms with Gasteiger partial charge in [-0.05, 0) is 42.7 Å². The Morgan fingerprint density at radius 2 is 1.96 bits per heavy atom. The molecule has 0 aromatic heterocycles. The van der Waals surface area contributed by atoms with Crippen LogP contribution in [0.25, 0.3) is 0 Å². The Bertz CT molecular complexity index is 883. The minimum atomic E-state index is -4.61. The highest BCUT2D eigenvalue weighted by atomic mass is 35.5. The summed E-state index contributed by atoms with van der Waals surface area (Å²) in [6, 6.07) is 10.6. The van der Waals surface area contributed by atoms with Crippen molar-refractivity contribution in [1.82, 2.24) is 0 Å². The van der Waals surface area contributed by atoms with Crippen molar-refractivity contribution in [2.75, 3.05) is 10.6 Å².